The van der Waals surface area contributed by atoms with Gasteiger partial charge in [-0.1, -0.05) is 36.4 Å². The number of carboxylic acid groups (broad SMARTS) is 1. The summed E-state index contributed by atoms with van der Waals surface area (Å²) in [7, 11) is 0. The molecule has 0 bridgehead atoms. The number of aromatic hydroxyl groups is 1. The number of carboxylic acids is 1. The Morgan fingerprint density at radius 1 is 0.955 bits per heavy atom. The fourth-order valence-corrected chi connectivity index (χ4v) is 2.29. The van der Waals surface area contributed by atoms with E-state index in [1.807, 2.05) is 18.2 Å². The second-order valence-electron chi connectivity index (χ2n) is 5.10. The van der Waals surface area contributed by atoms with Gasteiger partial charge in [0.1, 0.15) is 17.1 Å². The van der Waals surface area contributed by atoms with Gasteiger partial charge in [-0.3, -0.25) is 0 Å². The molecule has 0 unspecified atom stereocenters. The van der Waals surface area contributed by atoms with Crippen LogP contribution in [0, 0.1) is 0 Å². The molecule has 0 aromatic heterocycles. The number of hydrogen-bond acceptors (Lipinski definition) is 3. The van der Waals surface area contributed by atoms with E-state index in [-0.39, 0.29) is 17.1 Å². The van der Waals surface area contributed by atoms with Crippen LogP contribution in [0.1, 0.15) is 35.2 Å². The SMILES string of the molecule is O=C(O)c1c(O)cccc1OCCCCCc1ccccc1. The number of benzene rings is 2. The predicted molar refractivity (Wildman–Crippen MR) is 84.6 cm³/mol. The van der Waals surface area contributed by atoms with Gasteiger partial charge in [-0.2, -0.15) is 0 Å². The van der Waals surface area contributed by atoms with E-state index in [1.165, 1.54) is 11.6 Å². The summed E-state index contributed by atoms with van der Waals surface area (Å²) in [6, 6.07) is 14.8. The Balaban J connectivity index is 1.73. The minimum absolute atomic E-state index is 0.174. The van der Waals surface area contributed by atoms with Gasteiger partial charge < -0.3 is 14.9 Å². The molecule has 0 aliphatic carbocycles. The molecule has 0 spiro atoms. The molecule has 0 aliphatic rings. The van der Waals surface area contributed by atoms with Gasteiger partial charge in [0.05, 0.1) is 6.61 Å². The molecule has 2 rings (SSSR count). The van der Waals surface area contributed by atoms with Crippen LogP contribution < -0.4 is 4.74 Å². The van der Waals surface area contributed by atoms with Crippen LogP contribution in [0.5, 0.6) is 11.5 Å². The van der Waals surface area contributed by atoms with Gasteiger partial charge in [0.25, 0.3) is 0 Å². The van der Waals surface area contributed by atoms with Crippen LogP contribution >= 0.6 is 0 Å². The Hall–Kier alpha value is -2.49. The summed E-state index contributed by atoms with van der Waals surface area (Å²) in [6.45, 7) is 0.443. The van der Waals surface area contributed by atoms with Gasteiger partial charge in [0, 0.05) is 0 Å². The van der Waals surface area contributed by atoms with Gasteiger partial charge in [-0.25, -0.2) is 4.79 Å². The molecule has 2 aromatic rings. The van der Waals surface area contributed by atoms with E-state index in [0.717, 1.165) is 25.7 Å². The first kappa shape index (κ1) is 15.9. The zero-order chi connectivity index (χ0) is 15.8. The summed E-state index contributed by atoms with van der Waals surface area (Å²) in [4.78, 5) is 11.1. The van der Waals surface area contributed by atoms with E-state index >= 15 is 0 Å². The number of carbonyl (C=O) groups is 1. The smallest absolute Gasteiger partial charge is 0.343 e. The van der Waals surface area contributed by atoms with Crippen LogP contribution in [0.15, 0.2) is 48.5 Å². The van der Waals surface area contributed by atoms with Crippen molar-refractivity contribution in [3.8, 4) is 11.5 Å². The second kappa shape index (κ2) is 8.08. The highest BCUT2D eigenvalue weighted by molar-refractivity contribution is 5.93. The van der Waals surface area contributed by atoms with Gasteiger partial charge in [0.15, 0.2) is 0 Å². The van der Waals surface area contributed by atoms with Crippen molar-refractivity contribution in [3.63, 3.8) is 0 Å². The zero-order valence-electron chi connectivity index (χ0n) is 12.4. The molecule has 4 nitrogen and oxygen atoms in total. The van der Waals surface area contributed by atoms with Gasteiger partial charge in [-0.15, -0.1) is 0 Å². The first-order chi connectivity index (χ1) is 10.7. The lowest BCUT2D eigenvalue weighted by Crippen LogP contribution is -2.05. The average Bonchev–Trinajstić information content (AvgIpc) is 2.51. The fourth-order valence-electron chi connectivity index (χ4n) is 2.29. The van der Waals surface area contributed by atoms with Crippen molar-refractivity contribution < 1.29 is 19.7 Å². The third kappa shape index (κ3) is 4.52. The van der Waals surface area contributed by atoms with E-state index in [2.05, 4.69) is 12.1 Å². The molecule has 2 aromatic carbocycles. The Bertz CT molecular complexity index is 608. The third-order valence-corrected chi connectivity index (χ3v) is 3.43. The summed E-state index contributed by atoms with van der Waals surface area (Å²) in [5.41, 5.74) is 1.15. The summed E-state index contributed by atoms with van der Waals surface area (Å²) in [5.74, 6) is -1.23. The summed E-state index contributed by atoms with van der Waals surface area (Å²) in [6.07, 6.45) is 3.96. The molecule has 116 valence electrons. The standard InChI is InChI=1S/C18H20O4/c19-15-11-7-12-16(17(15)18(20)21)22-13-6-2-5-10-14-8-3-1-4-9-14/h1,3-4,7-9,11-12,19H,2,5-6,10,13H2,(H,20,21). The minimum atomic E-state index is -1.18. The molecule has 0 heterocycles. The summed E-state index contributed by atoms with van der Waals surface area (Å²) >= 11 is 0. The summed E-state index contributed by atoms with van der Waals surface area (Å²) in [5, 5.41) is 18.6. The Morgan fingerprint density at radius 2 is 1.73 bits per heavy atom. The quantitative estimate of drug-likeness (QED) is 0.726. The predicted octanol–water partition coefficient (Wildman–Crippen LogP) is 3.88. The lowest BCUT2D eigenvalue weighted by atomic mass is 10.1. The number of aryl methyl sites for hydroxylation is 1. The molecule has 0 atom stereocenters. The average molecular weight is 300 g/mol. The van der Waals surface area contributed by atoms with Crippen LogP contribution in [-0.2, 0) is 6.42 Å². The monoisotopic (exact) mass is 300 g/mol. The van der Waals surface area contributed by atoms with Crippen molar-refractivity contribution in [1.29, 1.82) is 0 Å². The maximum Gasteiger partial charge on any atom is 0.343 e. The van der Waals surface area contributed by atoms with Crippen LogP contribution in [0.25, 0.3) is 0 Å². The summed E-state index contributed by atoms with van der Waals surface area (Å²) < 4.78 is 5.49. The molecular formula is C18H20O4. The van der Waals surface area contributed by atoms with E-state index < -0.39 is 5.97 Å². The second-order valence-corrected chi connectivity index (χ2v) is 5.10. The molecule has 22 heavy (non-hydrogen) atoms. The van der Waals surface area contributed by atoms with E-state index in [4.69, 9.17) is 9.84 Å². The molecule has 0 aliphatic heterocycles. The molecule has 0 amide bonds. The maximum absolute atomic E-state index is 11.1. The normalized spacial score (nSPS) is 10.4. The minimum Gasteiger partial charge on any atom is -0.507 e. The van der Waals surface area contributed by atoms with E-state index in [1.54, 1.807) is 12.1 Å². The molecule has 0 radical (unpaired) electrons. The van der Waals surface area contributed by atoms with Crippen LogP contribution in [-0.4, -0.2) is 22.8 Å². The number of unbranched alkanes of at least 4 members (excludes halogenated alkanes) is 2. The molecule has 0 fully saturated rings. The number of rotatable bonds is 8. The van der Waals surface area contributed by atoms with Crippen molar-refractivity contribution >= 4 is 5.97 Å². The van der Waals surface area contributed by atoms with Crippen molar-refractivity contribution in [2.45, 2.75) is 25.7 Å². The Morgan fingerprint density at radius 3 is 2.45 bits per heavy atom. The molecule has 4 heteroatoms. The first-order valence-electron chi connectivity index (χ1n) is 7.40. The van der Waals surface area contributed by atoms with E-state index in [9.17, 15) is 9.90 Å². The highest BCUT2D eigenvalue weighted by Crippen LogP contribution is 2.27. The molecule has 0 saturated heterocycles. The van der Waals surface area contributed by atoms with E-state index in [0.29, 0.717) is 6.61 Å². The van der Waals surface area contributed by atoms with Crippen LogP contribution in [0.3, 0.4) is 0 Å². The highest BCUT2D eigenvalue weighted by Gasteiger charge is 2.15. The largest absolute Gasteiger partial charge is 0.507 e. The topological polar surface area (TPSA) is 66.8 Å². The van der Waals surface area contributed by atoms with Crippen molar-refractivity contribution in [3.05, 3.63) is 59.7 Å². The number of hydrogen-bond donors (Lipinski definition) is 2. The number of aromatic carboxylic acids is 1. The van der Waals surface area contributed by atoms with Crippen LogP contribution in [0.4, 0.5) is 0 Å². The lowest BCUT2D eigenvalue weighted by Gasteiger charge is -2.10. The highest BCUT2D eigenvalue weighted by atomic mass is 16.5. The van der Waals surface area contributed by atoms with Crippen molar-refractivity contribution in [2.75, 3.05) is 6.61 Å². The van der Waals surface area contributed by atoms with Gasteiger partial charge in [0.2, 0.25) is 0 Å². The number of ether oxygens (including phenoxy) is 1. The maximum atomic E-state index is 11.1. The number of phenols is 1. The zero-order valence-corrected chi connectivity index (χ0v) is 12.4. The van der Waals surface area contributed by atoms with Crippen LogP contribution in [0.2, 0.25) is 0 Å². The molecule has 2 N–H and O–H groups in total. The van der Waals surface area contributed by atoms with Gasteiger partial charge >= 0.3 is 5.97 Å². The third-order valence-electron chi connectivity index (χ3n) is 3.43. The van der Waals surface area contributed by atoms with Gasteiger partial charge in [-0.05, 0) is 43.4 Å². The first-order valence-corrected chi connectivity index (χ1v) is 7.40. The van der Waals surface area contributed by atoms with Crippen molar-refractivity contribution in [2.24, 2.45) is 0 Å². The molecular weight excluding hydrogens is 280 g/mol. The Labute approximate surface area is 130 Å². The lowest BCUT2D eigenvalue weighted by molar-refractivity contribution is 0.0688. The molecule has 0 saturated carbocycles. The Kier molecular flexibility index (Phi) is 5.83. The fraction of sp³-hybridized carbons (Fsp3) is 0.278. The van der Waals surface area contributed by atoms with Crippen molar-refractivity contribution in [1.82, 2.24) is 0 Å².